The van der Waals surface area contributed by atoms with E-state index in [1.807, 2.05) is 6.07 Å². The van der Waals surface area contributed by atoms with Crippen LogP contribution in [0.25, 0.3) is 0 Å². The Bertz CT molecular complexity index is 454. The van der Waals surface area contributed by atoms with Crippen molar-refractivity contribution in [2.24, 2.45) is 5.41 Å². The van der Waals surface area contributed by atoms with E-state index in [-0.39, 0.29) is 5.97 Å². The topological polar surface area (TPSA) is 51.2 Å². The highest BCUT2D eigenvalue weighted by Gasteiger charge is 2.32. The molecule has 1 saturated carbocycles. The number of rotatable bonds is 4. The molecule has 4 nitrogen and oxygen atoms in total. The highest BCUT2D eigenvalue weighted by molar-refractivity contribution is 5.89. The monoisotopic (exact) mass is 276 g/mol. The van der Waals surface area contributed by atoms with E-state index in [1.165, 1.54) is 25.7 Å². The van der Waals surface area contributed by atoms with E-state index in [9.17, 15) is 4.79 Å². The molecule has 2 rings (SSSR count). The fourth-order valence-corrected chi connectivity index (χ4v) is 2.75. The fourth-order valence-electron chi connectivity index (χ4n) is 2.75. The van der Waals surface area contributed by atoms with E-state index >= 15 is 0 Å². The molecule has 1 fully saturated rings. The Morgan fingerprint density at radius 1 is 1.45 bits per heavy atom. The lowest BCUT2D eigenvalue weighted by Crippen LogP contribution is -2.39. The molecule has 4 heteroatoms. The molecule has 20 heavy (non-hydrogen) atoms. The lowest BCUT2D eigenvalue weighted by Gasteiger charge is -2.39. The van der Waals surface area contributed by atoms with Crippen LogP contribution >= 0.6 is 0 Å². The Morgan fingerprint density at radius 3 is 2.85 bits per heavy atom. The van der Waals surface area contributed by atoms with Crippen LogP contribution in [0.2, 0.25) is 0 Å². The molecular weight excluding hydrogens is 252 g/mol. The number of esters is 1. The summed E-state index contributed by atoms with van der Waals surface area (Å²) in [6, 6.07) is 4.07. The summed E-state index contributed by atoms with van der Waals surface area (Å²) >= 11 is 0. The number of aromatic nitrogens is 1. The Hall–Kier alpha value is -1.58. The van der Waals surface area contributed by atoms with Crippen LogP contribution in [0.15, 0.2) is 18.3 Å². The summed E-state index contributed by atoms with van der Waals surface area (Å²) in [4.78, 5) is 15.9. The number of hydrogen-bond donors (Lipinski definition) is 1. The number of carbonyl (C=O) groups is 1. The third-order valence-corrected chi connectivity index (χ3v) is 4.10. The summed E-state index contributed by atoms with van der Waals surface area (Å²) in [5.74, 6) is 0.516. The van der Waals surface area contributed by atoms with Crippen molar-refractivity contribution in [3.05, 3.63) is 23.9 Å². The molecule has 0 bridgehead atoms. The van der Waals surface area contributed by atoms with Crippen LogP contribution in [0.5, 0.6) is 0 Å². The van der Waals surface area contributed by atoms with Gasteiger partial charge in [0, 0.05) is 12.2 Å². The Kier molecular flexibility index (Phi) is 4.63. The van der Waals surface area contributed by atoms with E-state index < -0.39 is 0 Å². The van der Waals surface area contributed by atoms with E-state index in [0.29, 0.717) is 23.6 Å². The van der Waals surface area contributed by atoms with Crippen LogP contribution < -0.4 is 5.32 Å². The first-order chi connectivity index (χ1) is 9.53. The standard InChI is InChI=1S/C16H24N2O2/c1-4-20-15(19)12-8-9-14(17-11-12)18-13-7-5-6-10-16(13,2)3/h8-9,11,13H,4-7,10H2,1-3H3,(H,17,18). The van der Waals surface area contributed by atoms with Crippen molar-refractivity contribution in [3.8, 4) is 0 Å². The summed E-state index contributed by atoms with van der Waals surface area (Å²) < 4.78 is 4.95. The van der Waals surface area contributed by atoms with Gasteiger partial charge < -0.3 is 10.1 Å². The molecule has 1 N–H and O–H groups in total. The van der Waals surface area contributed by atoms with Crippen molar-refractivity contribution in [1.29, 1.82) is 0 Å². The average Bonchev–Trinajstić information content (AvgIpc) is 2.42. The minimum atomic E-state index is -0.315. The highest BCUT2D eigenvalue weighted by Crippen LogP contribution is 2.36. The third-order valence-electron chi connectivity index (χ3n) is 4.10. The first-order valence-corrected chi connectivity index (χ1v) is 7.42. The van der Waals surface area contributed by atoms with Gasteiger partial charge in [-0.3, -0.25) is 0 Å². The van der Waals surface area contributed by atoms with Gasteiger partial charge in [-0.05, 0) is 37.3 Å². The first kappa shape index (κ1) is 14.8. The van der Waals surface area contributed by atoms with Gasteiger partial charge in [0.2, 0.25) is 0 Å². The van der Waals surface area contributed by atoms with Crippen LogP contribution in [-0.4, -0.2) is 23.6 Å². The van der Waals surface area contributed by atoms with Gasteiger partial charge in [0.15, 0.2) is 0 Å². The number of nitrogens with zero attached hydrogens (tertiary/aromatic N) is 1. The predicted molar refractivity (Wildman–Crippen MR) is 79.9 cm³/mol. The number of ether oxygens (including phenoxy) is 1. The summed E-state index contributed by atoms with van der Waals surface area (Å²) in [6.07, 6.45) is 6.57. The molecule has 1 atom stereocenters. The van der Waals surface area contributed by atoms with Crippen LogP contribution in [-0.2, 0) is 4.74 Å². The van der Waals surface area contributed by atoms with Crippen molar-refractivity contribution >= 4 is 11.8 Å². The Balaban J connectivity index is 2.01. The molecule has 0 aromatic carbocycles. The molecule has 1 aliphatic rings. The quantitative estimate of drug-likeness (QED) is 0.853. The molecule has 110 valence electrons. The summed E-state index contributed by atoms with van der Waals surface area (Å²) in [5, 5.41) is 3.51. The number of hydrogen-bond acceptors (Lipinski definition) is 4. The van der Waals surface area contributed by atoms with Gasteiger partial charge in [-0.15, -0.1) is 0 Å². The molecule has 1 unspecified atom stereocenters. The minimum absolute atomic E-state index is 0.291. The van der Waals surface area contributed by atoms with Gasteiger partial charge in [-0.25, -0.2) is 9.78 Å². The molecule has 1 aromatic rings. The lowest BCUT2D eigenvalue weighted by atomic mass is 9.73. The van der Waals surface area contributed by atoms with Crippen molar-refractivity contribution in [3.63, 3.8) is 0 Å². The van der Waals surface area contributed by atoms with Crippen molar-refractivity contribution in [2.45, 2.75) is 52.5 Å². The van der Waals surface area contributed by atoms with Crippen LogP contribution in [0.1, 0.15) is 56.8 Å². The molecule has 0 saturated heterocycles. The average molecular weight is 276 g/mol. The molecule has 1 aliphatic carbocycles. The second-order valence-corrected chi connectivity index (χ2v) is 6.08. The SMILES string of the molecule is CCOC(=O)c1ccc(NC2CCCCC2(C)C)nc1. The maximum Gasteiger partial charge on any atom is 0.339 e. The molecule has 0 amide bonds. The molecule has 1 aromatic heterocycles. The number of nitrogens with one attached hydrogen (secondary N) is 1. The zero-order chi connectivity index (χ0) is 14.6. The van der Waals surface area contributed by atoms with E-state index in [0.717, 1.165) is 5.82 Å². The van der Waals surface area contributed by atoms with E-state index in [2.05, 4.69) is 24.1 Å². The van der Waals surface area contributed by atoms with Crippen molar-refractivity contribution < 1.29 is 9.53 Å². The highest BCUT2D eigenvalue weighted by atomic mass is 16.5. The minimum Gasteiger partial charge on any atom is -0.462 e. The van der Waals surface area contributed by atoms with Gasteiger partial charge in [0.25, 0.3) is 0 Å². The van der Waals surface area contributed by atoms with Gasteiger partial charge >= 0.3 is 5.97 Å². The summed E-state index contributed by atoms with van der Waals surface area (Å²) in [6.45, 7) is 6.79. The molecule has 1 heterocycles. The van der Waals surface area contributed by atoms with E-state index in [1.54, 1.807) is 19.2 Å². The second kappa shape index (κ2) is 6.25. The fraction of sp³-hybridized carbons (Fsp3) is 0.625. The van der Waals surface area contributed by atoms with E-state index in [4.69, 9.17) is 4.74 Å². The third kappa shape index (κ3) is 3.50. The maximum absolute atomic E-state index is 11.6. The van der Waals surface area contributed by atoms with Gasteiger partial charge in [-0.1, -0.05) is 26.7 Å². The van der Waals surface area contributed by atoms with Crippen molar-refractivity contribution in [1.82, 2.24) is 4.98 Å². The van der Waals surface area contributed by atoms with Gasteiger partial charge in [0.1, 0.15) is 5.82 Å². The molecular formula is C16H24N2O2. The summed E-state index contributed by atoms with van der Waals surface area (Å²) in [7, 11) is 0. The molecule has 0 spiro atoms. The summed E-state index contributed by atoms with van der Waals surface area (Å²) in [5.41, 5.74) is 0.792. The zero-order valence-corrected chi connectivity index (χ0v) is 12.6. The predicted octanol–water partition coefficient (Wildman–Crippen LogP) is 3.64. The lowest BCUT2D eigenvalue weighted by molar-refractivity contribution is 0.0526. The van der Waals surface area contributed by atoms with Crippen LogP contribution in [0.4, 0.5) is 5.82 Å². The van der Waals surface area contributed by atoms with Gasteiger partial charge in [0.05, 0.1) is 12.2 Å². The van der Waals surface area contributed by atoms with Crippen LogP contribution in [0, 0.1) is 5.41 Å². The number of carbonyl (C=O) groups excluding carboxylic acids is 1. The van der Waals surface area contributed by atoms with Crippen LogP contribution in [0.3, 0.4) is 0 Å². The van der Waals surface area contributed by atoms with Crippen molar-refractivity contribution in [2.75, 3.05) is 11.9 Å². The molecule has 0 aliphatic heterocycles. The largest absolute Gasteiger partial charge is 0.462 e. The smallest absolute Gasteiger partial charge is 0.339 e. The van der Waals surface area contributed by atoms with Gasteiger partial charge in [-0.2, -0.15) is 0 Å². The Morgan fingerprint density at radius 2 is 2.25 bits per heavy atom. The Labute approximate surface area is 120 Å². The normalized spacial score (nSPS) is 21.2. The zero-order valence-electron chi connectivity index (χ0n) is 12.6. The maximum atomic E-state index is 11.6. The second-order valence-electron chi connectivity index (χ2n) is 6.08. The number of pyridine rings is 1. The molecule has 0 radical (unpaired) electrons. The number of anilines is 1. The first-order valence-electron chi connectivity index (χ1n) is 7.42.